The molecule has 0 spiro atoms. The number of imidazole rings is 1. The van der Waals surface area contributed by atoms with Crippen LogP contribution in [0.15, 0.2) is 18.2 Å². The minimum Gasteiger partial charge on any atom is -0.337 e. The molecule has 1 aromatic carbocycles. The van der Waals surface area contributed by atoms with Crippen molar-refractivity contribution in [2.45, 2.75) is 32.6 Å². The predicted octanol–water partition coefficient (Wildman–Crippen LogP) is 3.87. The summed E-state index contributed by atoms with van der Waals surface area (Å²) in [4.78, 5) is 8.05. The summed E-state index contributed by atoms with van der Waals surface area (Å²) in [6.45, 7) is 2.16. The Morgan fingerprint density at radius 3 is 2.94 bits per heavy atom. The molecule has 0 fully saturated rings. The molecule has 1 aliphatic rings. The number of rotatable bonds is 0. The molecule has 1 heterocycles. The van der Waals surface area contributed by atoms with Crippen LogP contribution in [0.25, 0.3) is 11.3 Å². The smallest absolute Gasteiger partial charge is 0.169 e. The van der Waals surface area contributed by atoms with Crippen molar-refractivity contribution in [3.63, 3.8) is 0 Å². The number of nitrogens with zero attached hydrogens (tertiary/aromatic N) is 1. The standard InChI is InChI=1S/C14H15IN2/c1-9-6-7-11-10(8-9)4-2-3-5-12-13(11)17-14(15)16-12/h6-8H,2-5H2,1H3,(H,16,17). The fraction of sp³-hybridized carbons (Fsp3) is 0.357. The van der Waals surface area contributed by atoms with E-state index in [9.17, 15) is 0 Å². The summed E-state index contributed by atoms with van der Waals surface area (Å²) in [7, 11) is 0. The molecule has 0 aliphatic heterocycles. The van der Waals surface area contributed by atoms with Crippen LogP contribution in [-0.2, 0) is 12.8 Å². The van der Waals surface area contributed by atoms with Gasteiger partial charge in [0, 0.05) is 11.3 Å². The fourth-order valence-corrected chi connectivity index (χ4v) is 3.13. The van der Waals surface area contributed by atoms with Crippen molar-refractivity contribution < 1.29 is 0 Å². The van der Waals surface area contributed by atoms with Crippen molar-refractivity contribution in [2.24, 2.45) is 0 Å². The lowest BCUT2D eigenvalue weighted by atomic mass is 9.92. The van der Waals surface area contributed by atoms with Gasteiger partial charge in [0.2, 0.25) is 0 Å². The van der Waals surface area contributed by atoms with E-state index in [-0.39, 0.29) is 0 Å². The van der Waals surface area contributed by atoms with Crippen molar-refractivity contribution in [1.29, 1.82) is 0 Å². The minimum absolute atomic E-state index is 1.00. The van der Waals surface area contributed by atoms with Gasteiger partial charge in [0.1, 0.15) is 0 Å². The lowest BCUT2D eigenvalue weighted by molar-refractivity contribution is 0.719. The lowest BCUT2D eigenvalue weighted by Crippen LogP contribution is -2.00. The first kappa shape index (κ1) is 11.3. The predicted molar refractivity (Wildman–Crippen MR) is 78.1 cm³/mol. The highest BCUT2D eigenvalue weighted by Crippen LogP contribution is 2.31. The van der Waals surface area contributed by atoms with Crippen LogP contribution in [0, 0.1) is 10.8 Å². The Kier molecular flexibility index (Phi) is 2.94. The third-order valence-corrected chi connectivity index (χ3v) is 3.90. The molecule has 0 radical (unpaired) electrons. The SMILES string of the molecule is Cc1ccc2c(c1)CCCCc1[nH]c(I)nc1-2. The molecule has 0 saturated carbocycles. The van der Waals surface area contributed by atoms with Crippen LogP contribution < -0.4 is 0 Å². The summed E-state index contributed by atoms with van der Waals surface area (Å²) in [6, 6.07) is 6.73. The van der Waals surface area contributed by atoms with E-state index in [2.05, 4.69) is 57.7 Å². The molecule has 1 aliphatic carbocycles. The highest BCUT2D eigenvalue weighted by atomic mass is 127. The molecule has 2 aromatic rings. The second-order valence-corrected chi connectivity index (χ2v) is 5.74. The Balaban J connectivity index is 2.21. The number of benzene rings is 1. The number of hydrogen-bond acceptors (Lipinski definition) is 1. The van der Waals surface area contributed by atoms with Gasteiger partial charge in [-0.2, -0.15) is 0 Å². The number of fused-ring (bicyclic) bond motifs is 3. The van der Waals surface area contributed by atoms with Crippen LogP contribution in [0.1, 0.15) is 29.7 Å². The van der Waals surface area contributed by atoms with Crippen molar-refractivity contribution >= 4 is 22.6 Å². The van der Waals surface area contributed by atoms with E-state index in [4.69, 9.17) is 0 Å². The second-order valence-electron chi connectivity index (χ2n) is 4.72. The van der Waals surface area contributed by atoms with Crippen LogP contribution in [0.2, 0.25) is 0 Å². The number of nitrogens with one attached hydrogen (secondary N) is 1. The molecule has 88 valence electrons. The van der Waals surface area contributed by atoms with Crippen LogP contribution >= 0.6 is 22.6 Å². The maximum absolute atomic E-state index is 4.65. The van der Waals surface area contributed by atoms with Gasteiger partial charge in [0.15, 0.2) is 3.83 Å². The Hall–Kier alpha value is -0.840. The van der Waals surface area contributed by atoms with E-state index >= 15 is 0 Å². The van der Waals surface area contributed by atoms with E-state index < -0.39 is 0 Å². The molecular weight excluding hydrogens is 323 g/mol. The molecule has 0 bridgehead atoms. The van der Waals surface area contributed by atoms with Gasteiger partial charge < -0.3 is 4.98 Å². The van der Waals surface area contributed by atoms with Gasteiger partial charge in [-0.25, -0.2) is 4.98 Å². The molecule has 0 amide bonds. The monoisotopic (exact) mass is 338 g/mol. The number of aromatic nitrogens is 2. The molecule has 0 unspecified atom stereocenters. The first-order valence-electron chi connectivity index (χ1n) is 6.08. The van der Waals surface area contributed by atoms with Gasteiger partial charge in [-0.05, 0) is 60.8 Å². The highest BCUT2D eigenvalue weighted by Gasteiger charge is 2.16. The van der Waals surface area contributed by atoms with Gasteiger partial charge in [-0.1, -0.05) is 23.8 Å². The van der Waals surface area contributed by atoms with E-state index in [0.29, 0.717) is 0 Å². The minimum atomic E-state index is 1.00. The molecule has 0 saturated heterocycles. The average Bonchev–Trinajstić information content (AvgIpc) is 2.63. The Labute approximate surface area is 115 Å². The molecule has 2 nitrogen and oxygen atoms in total. The van der Waals surface area contributed by atoms with E-state index in [0.717, 1.165) is 10.3 Å². The molecule has 17 heavy (non-hydrogen) atoms. The number of halogens is 1. The lowest BCUT2D eigenvalue weighted by Gasteiger charge is -2.13. The van der Waals surface area contributed by atoms with Gasteiger partial charge >= 0.3 is 0 Å². The normalized spacial score (nSPS) is 14.7. The first-order valence-corrected chi connectivity index (χ1v) is 7.16. The Morgan fingerprint density at radius 1 is 1.24 bits per heavy atom. The molecule has 3 heteroatoms. The Bertz CT molecular complexity index is 557. The molecule has 1 N–H and O–H groups in total. The number of aromatic amines is 1. The maximum Gasteiger partial charge on any atom is 0.169 e. The molecule has 3 rings (SSSR count). The van der Waals surface area contributed by atoms with Crippen molar-refractivity contribution in [2.75, 3.05) is 0 Å². The molecule has 0 atom stereocenters. The zero-order valence-electron chi connectivity index (χ0n) is 9.89. The van der Waals surface area contributed by atoms with Crippen LogP contribution in [0.5, 0.6) is 0 Å². The van der Waals surface area contributed by atoms with Gasteiger partial charge in [0.25, 0.3) is 0 Å². The number of H-pyrrole nitrogens is 1. The van der Waals surface area contributed by atoms with Crippen molar-refractivity contribution in [3.8, 4) is 11.3 Å². The quantitative estimate of drug-likeness (QED) is 0.726. The van der Waals surface area contributed by atoms with Crippen LogP contribution in [0.3, 0.4) is 0 Å². The van der Waals surface area contributed by atoms with Crippen molar-refractivity contribution in [1.82, 2.24) is 9.97 Å². The largest absolute Gasteiger partial charge is 0.337 e. The number of aryl methyl sites for hydroxylation is 3. The molecular formula is C14H15IN2. The summed E-state index contributed by atoms with van der Waals surface area (Å²) >= 11 is 2.26. The van der Waals surface area contributed by atoms with Crippen LogP contribution in [0.4, 0.5) is 0 Å². The van der Waals surface area contributed by atoms with Crippen molar-refractivity contribution in [3.05, 3.63) is 38.9 Å². The second kappa shape index (κ2) is 4.44. The third kappa shape index (κ3) is 2.12. The van der Waals surface area contributed by atoms with Gasteiger partial charge in [-0.15, -0.1) is 0 Å². The summed E-state index contributed by atoms with van der Waals surface area (Å²) in [5, 5.41) is 0. The topological polar surface area (TPSA) is 28.7 Å². The number of hydrogen-bond donors (Lipinski definition) is 1. The van der Waals surface area contributed by atoms with Crippen LogP contribution in [-0.4, -0.2) is 9.97 Å². The first-order chi connectivity index (χ1) is 8.24. The van der Waals surface area contributed by atoms with E-state index in [1.54, 1.807) is 0 Å². The summed E-state index contributed by atoms with van der Waals surface area (Å²) < 4.78 is 1.00. The zero-order valence-corrected chi connectivity index (χ0v) is 12.0. The maximum atomic E-state index is 4.65. The third-order valence-electron chi connectivity index (χ3n) is 3.39. The summed E-state index contributed by atoms with van der Waals surface area (Å²) in [5.74, 6) is 0. The highest BCUT2D eigenvalue weighted by molar-refractivity contribution is 14.1. The fourth-order valence-electron chi connectivity index (χ4n) is 2.56. The average molecular weight is 338 g/mol. The van der Waals surface area contributed by atoms with Gasteiger partial charge in [0.05, 0.1) is 5.69 Å². The summed E-state index contributed by atoms with van der Waals surface area (Å²) in [5.41, 5.74) is 6.60. The summed E-state index contributed by atoms with van der Waals surface area (Å²) in [6.07, 6.45) is 4.82. The van der Waals surface area contributed by atoms with Gasteiger partial charge in [-0.3, -0.25) is 0 Å². The van der Waals surface area contributed by atoms with E-state index in [1.165, 1.54) is 47.3 Å². The Morgan fingerprint density at radius 2 is 2.06 bits per heavy atom. The van der Waals surface area contributed by atoms with E-state index in [1.807, 2.05) is 0 Å². The molecule has 1 aromatic heterocycles. The zero-order chi connectivity index (χ0) is 11.8.